The molecule has 1 amide bonds. The summed E-state index contributed by atoms with van der Waals surface area (Å²) in [4.78, 5) is 12.3. The molecular weight excluding hydrogens is 328 g/mol. The van der Waals surface area contributed by atoms with Gasteiger partial charge >= 0.3 is 0 Å². The van der Waals surface area contributed by atoms with Gasteiger partial charge in [-0.3, -0.25) is 9.48 Å². The van der Waals surface area contributed by atoms with Crippen LogP contribution in [-0.4, -0.2) is 34.4 Å². The Morgan fingerprint density at radius 2 is 2.04 bits per heavy atom. The first-order valence-corrected chi connectivity index (χ1v) is 7.86. The van der Waals surface area contributed by atoms with Gasteiger partial charge in [-0.1, -0.05) is 24.3 Å². The van der Waals surface area contributed by atoms with Gasteiger partial charge in [0.25, 0.3) is 0 Å². The van der Waals surface area contributed by atoms with Crippen LogP contribution >= 0.6 is 12.4 Å². The second kappa shape index (κ2) is 8.28. The zero-order valence-electron chi connectivity index (χ0n) is 13.5. The van der Waals surface area contributed by atoms with E-state index < -0.39 is 5.54 Å². The molecule has 1 fully saturated rings. The smallest absolute Gasteiger partial charge is 0.240 e. The molecule has 0 unspecified atom stereocenters. The monoisotopic (exact) mass is 350 g/mol. The van der Waals surface area contributed by atoms with E-state index in [1.807, 2.05) is 29.1 Å². The second-order valence-corrected chi connectivity index (χ2v) is 5.97. The average molecular weight is 351 g/mol. The molecule has 1 aromatic heterocycles. The number of carbonyl (C=O) groups excluding carboxylic acids is 1. The molecule has 7 heteroatoms. The van der Waals surface area contributed by atoms with Crippen LogP contribution in [0.15, 0.2) is 42.7 Å². The number of nitrogens with one attached hydrogen (secondary N) is 1. The van der Waals surface area contributed by atoms with Gasteiger partial charge < -0.3 is 15.8 Å². The topological polar surface area (TPSA) is 82.2 Å². The molecule has 3 N–H and O–H groups in total. The molecule has 0 saturated carbocycles. The van der Waals surface area contributed by atoms with E-state index in [1.54, 1.807) is 6.20 Å². The van der Waals surface area contributed by atoms with Crippen molar-refractivity contribution in [2.75, 3.05) is 13.2 Å². The Kier molecular flexibility index (Phi) is 6.36. The largest absolute Gasteiger partial charge is 0.381 e. The van der Waals surface area contributed by atoms with E-state index in [4.69, 9.17) is 10.5 Å². The number of rotatable bonds is 5. The highest BCUT2D eigenvalue weighted by atomic mass is 35.5. The highest BCUT2D eigenvalue weighted by Crippen LogP contribution is 2.18. The van der Waals surface area contributed by atoms with Crippen molar-refractivity contribution in [1.29, 1.82) is 0 Å². The lowest BCUT2D eigenvalue weighted by Crippen LogP contribution is -2.56. The maximum absolute atomic E-state index is 12.3. The van der Waals surface area contributed by atoms with Crippen LogP contribution in [0.4, 0.5) is 0 Å². The Bertz CT molecular complexity index is 654. The number of hydrogen-bond donors (Lipinski definition) is 2. The highest BCUT2D eigenvalue weighted by Gasteiger charge is 2.35. The number of ether oxygens (including phenoxy) is 1. The van der Waals surface area contributed by atoms with Gasteiger partial charge in [-0.2, -0.15) is 5.10 Å². The number of nitrogens with two attached hydrogens (primary N) is 1. The highest BCUT2D eigenvalue weighted by molar-refractivity contribution is 5.86. The molecule has 0 radical (unpaired) electrons. The van der Waals surface area contributed by atoms with E-state index in [1.165, 1.54) is 0 Å². The van der Waals surface area contributed by atoms with Crippen molar-refractivity contribution in [2.45, 2.75) is 31.5 Å². The molecule has 0 atom stereocenters. The summed E-state index contributed by atoms with van der Waals surface area (Å²) in [5.41, 5.74) is 7.58. The molecule has 2 heterocycles. The lowest BCUT2D eigenvalue weighted by Gasteiger charge is -2.31. The number of carbonyl (C=O) groups is 1. The summed E-state index contributed by atoms with van der Waals surface area (Å²) in [7, 11) is 0. The molecule has 1 saturated heterocycles. The normalized spacial score (nSPS) is 16.2. The molecule has 1 aromatic carbocycles. The number of benzene rings is 1. The zero-order valence-corrected chi connectivity index (χ0v) is 14.3. The van der Waals surface area contributed by atoms with Crippen LogP contribution in [0, 0.1) is 0 Å². The predicted molar refractivity (Wildman–Crippen MR) is 93.8 cm³/mol. The predicted octanol–water partition coefficient (Wildman–Crippen LogP) is 1.48. The van der Waals surface area contributed by atoms with Gasteiger partial charge in [0, 0.05) is 32.2 Å². The maximum Gasteiger partial charge on any atom is 0.240 e. The van der Waals surface area contributed by atoms with Crippen LogP contribution < -0.4 is 11.1 Å². The van der Waals surface area contributed by atoms with E-state index in [9.17, 15) is 4.79 Å². The van der Waals surface area contributed by atoms with E-state index in [-0.39, 0.29) is 18.3 Å². The molecule has 3 rings (SSSR count). The summed E-state index contributed by atoms with van der Waals surface area (Å²) in [6.45, 7) is 2.28. The molecule has 1 aliphatic heterocycles. The Hall–Kier alpha value is -1.89. The minimum absolute atomic E-state index is 0. The van der Waals surface area contributed by atoms with E-state index in [0.717, 1.165) is 11.1 Å². The number of halogens is 1. The van der Waals surface area contributed by atoms with Crippen LogP contribution in [-0.2, 0) is 22.6 Å². The van der Waals surface area contributed by atoms with Crippen LogP contribution in [0.5, 0.6) is 0 Å². The Labute approximate surface area is 147 Å². The van der Waals surface area contributed by atoms with Gasteiger partial charge in [0.1, 0.15) is 0 Å². The van der Waals surface area contributed by atoms with Crippen LogP contribution in [0.1, 0.15) is 24.0 Å². The standard InChI is InChI=1S/C17H22N4O2.ClH/c18-17(5-9-23-10-6-17)16(22)19-12-14-3-1-4-15(11-14)13-21-8-2-7-20-21;/h1-4,7-8,11H,5-6,9-10,12-13,18H2,(H,19,22);1H. The number of amides is 1. The summed E-state index contributed by atoms with van der Waals surface area (Å²) in [6.07, 6.45) is 4.83. The molecule has 0 bridgehead atoms. The third-order valence-corrected chi connectivity index (χ3v) is 4.19. The summed E-state index contributed by atoms with van der Waals surface area (Å²) in [5.74, 6) is -0.0988. The zero-order chi connectivity index (χ0) is 16.1. The average Bonchev–Trinajstić information content (AvgIpc) is 3.06. The molecule has 130 valence electrons. The van der Waals surface area contributed by atoms with E-state index in [2.05, 4.69) is 22.5 Å². The van der Waals surface area contributed by atoms with Gasteiger partial charge in [0.2, 0.25) is 5.91 Å². The molecule has 0 spiro atoms. The number of nitrogens with zero attached hydrogens (tertiary/aromatic N) is 2. The summed E-state index contributed by atoms with van der Waals surface area (Å²) < 4.78 is 7.14. The van der Waals surface area contributed by atoms with Crippen molar-refractivity contribution in [3.63, 3.8) is 0 Å². The third kappa shape index (κ3) is 4.56. The Morgan fingerprint density at radius 1 is 1.29 bits per heavy atom. The van der Waals surface area contributed by atoms with Gasteiger partial charge in [0.05, 0.1) is 12.1 Å². The quantitative estimate of drug-likeness (QED) is 0.855. The van der Waals surface area contributed by atoms with Gasteiger partial charge in [-0.05, 0) is 30.0 Å². The van der Waals surface area contributed by atoms with Crippen molar-refractivity contribution < 1.29 is 9.53 Å². The van der Waals surface area contributed by atoms with Crippen molar-refractivity contribution in [3.8, 4) is 0 Å². The number of aromatic nitrogens is 2. The molecule has 24 heavy (non-hydrogen) atoms. The fourth-order valence-corrected chi connectivity index (χ4v) is 2.74. The van der Waals surface area contributed by atoms with Crippen LogP contribution in [0.25, 0.3) is 0 Å². The summed E-state index contributed by atoms with van der Waals surface area (Å²) in [6, 6.07) is 10.0. The van der Waals surface area contributed by atoms with Crippen molar-refractivity contribution in [3.05, 3.63) is 53.9 Å². The third-order valence-electron chi connectivity index (χ3n) is 4.19. The minimum Gasteiger partial charge on any atom is -0.381 e. The van der Waals surface area contributed by atoms with Crippen molar-refractivity contribution >= 4 is 18.3 Å². The first-order valence-electron chi connectivity index (χ1n) is 7.86. The summed E-state index contributed by atoms with van der Waals surface area (Å²) >= 11 is 0. The Morgan fingerprint density at radius 3 is 2.75 bits per heavy atom. The minimum atomic E-state index is -0.801. The van der Waals surface area contributed by atoms with Crippen molar-refractivity contribution in [2.24, 2.45) is 5.73 Å². The van der Waals surface area contributed by atoms with Gasteiger partial charge in [-0.15, -0.1) is 12.4 Å². The Balaban J connectivity index is 0.00000208. The summed E-state index contributed by atoms with van der Waals surface area (Å²) in [5, 5.41) is 7.16. The first kappa shape index (κ1) is 18.4. The number of hydrogen-bond acceptors (Lipinski definition) is 4. The first-order chi connectivity index (χ1) is 11.2. The molecule has 6 nitrogen and oxygen atoms in total. The lowest BCUT2D eigenvalue weighted by atomic mass is 9.90. The van der Waals surface area contributed by atoms with Crippen LogP contribution in [0.3, 0.4) is 0 Å². The second-order valence-electron chi connectivity index (χ2n) is 5.97. The van der Waals surface area contributed by atoms with Crippen molar-refractivity contribution in [1.82, 2.24) is 15.1 Å². The fourth-order valence-electron chi connectivity index (χ4n) is 2.74. The van der Waals surface area contributed by atoms with E-state index >= 15 is 0 Å². The molecule has 2 aromatic rings. The lowest BCUT2D eigenvalue weighted by molar-refractivity contribution is -0.129. The molecule has 0 aliphatic carbocycles. The van der Waals surface area contributed by atoms with Gasteiger partial charge in [0.15, 0.2) is 0 Å². The molecular formula is C17H23ClN4O2. The molecule has 1 aliphatic rings. The SMILES string of the molecule is Cl.NC1(C(=O)NCc2cccc(Cn3cccn3)c2)CCOCC1. The van der Waals surface area contributed by atoms with E-state index in [0.29, 0.717) is 39.1 Å². The van der Waals surface area contributed by atoms with Gasteiger partial charge in [-0.25, -0.2) is 0 Å². The maximum atomic E-state index is 12.3. The fraction of sp³-hybridized carbons (Fsp3) is 0.412. The van der Waals surface area contributed by atoms with Crippen LogP contribution in [0.2, 0.25) is 0 Å².